The molecule has 3 heterocycles. The van der Waals surface area contributed by atoms with Gasteiger partial charge in [0.05, 0.1) is 23.5 Å². The molecule has 0 spiro atoms. The van der Waals surface area contributed by atoms with Crippen molar-refractivity contribution >= 4 is 35.3 Å². The van der Waals surface area contributed by atoms with E-state index in [4.69, 9.17) is 24.4 Å². The van der Waals surface area contributed by atoms with Crippen molar-refractivity contribution in [2.45, 2.75) is 23.6 Å². The summed E-state index contributed by atoms with van der Waals surface area (Å²) in [6, 6.07) is 26.9. The van der Waals surface area contributed by atoms with Crippen LogP contribution in [0.5, 0.6) is 0 Å². The van der Waals surface area contributed by atoms with Crippen molar-refractivity contribution in [3.8, 4) is 0 Å². The number of benzene rings is 2. The molecule has 5 rings (SSSR count). The molecule has 0 N–H and O–H groups in total. The van der Waals surface area contributed by atoms with Gasteiger partial charge in [0.15, 0.2) is 0 Å². The van der Waals surface area contributed by atoms with Crippen molar-refractivity contribution in [1.29, 1.82) is 0 Å². The largest absolute Gasteiger partial charge is 0.475 e. The van der Waals surface area contributed by atoms with E-state index in [2.05, 4.69) is 18.2 Å². The van der Waals surface area contributed by atoms with E-state index in [-0.39, 0.29) is 12.1 Å². The van der Waals surface area contributed by atoms with Crippen LogP contribution >= 0.6 is 23.5 Å². The van der Waals surface area contributed by atoms with Gasteiger partial charge in [-0.15, -0.1) is 0 Å². The van der Waals surface area contributed by atoms with Crippen LogP contribution in [0.3, 0.4) is 0 Å². The van der Waals surface area contributed by atoms with Gasteiger partial charge in [0.25, 0.3) is 0 Å². The minimum Gasteiger partial charge on any atom is -0.475 e. The van der Waals surface area contributed by atoms with E-state index in [9.17, 15) is 0 Å². The van der Waals surface area contributed by atoms with E-state index in [1.807, 2.05) is 84.2 Å². The van der Waals surface area contributed by atoms with Crippen LogP contribution in [0.15, 0.2) is 88.8 Å². The number of hydrogen-bond donors (Lipinski definition) is 0. The van der Waals surface area contributed by atoms with Gasteiger partial charge in [-0.25, -0.2) is 9.98 Å². The number of nitrogens with zero attached hydrogens (tertiary/aromatic N) is 3. The van der Waals surface area contributed by atoms with E-state index in [1.54, 1.807) is 0 Å². The number of pyridine rings is 1. The number of hydrogen-bond acceptors (Lipinski definition) is 7. The molecule has 0 fully saturated rings. The van der Waals surface area contributed by atoms with Gasteiger partial charge in [0.1, 0.15) is 13.2 Å². The number of ether oxygens (including phenoxy) is 2. The Morgan fingerprint density at radius 1 is 0.618 bits per heavy atom. The Bertz CT molecular complexity index is 1050. The lowest BCUT2D eigenvalue weighted by Crippen LogP contribution is -2.10. The fraction of sp³-hybridized carbons (Fsp3) is 0.296. The number of aliphatic imine (C=N–C) groups is 2. The molecule has 2 aromatic carbocycles. The van der Waals surface area contributed by atoms with E-state index in [1.165, 1.54) is 0 Å². The summed E-state index contributed by atoms with van der Waals surface area (Å²) < 4.78 is 11.6. The van der Waals surface area contributed by atoms with Crippen LogP contribution in [0.25, 0.3) is 0 Å². The first-order chi connectivity index (χ1) is 16.8. The molecule has 34 heavy (non-hydrogen) atoms. The van der Waals surface area contributed by atoms with Crippen molar-refractivity contribution in [1.82, 2.24) is 4.98 Å². The fourth-order valence-electron chi connectivity index (χ4n) is 3.77. The summed E-state index contributed by atoms with van der Waals surface area (Å²) in [5, 5.41) is 0. The second kappa shape index (κ2) is 11.6. The highest BCUT2D eigenvalue weighted by Crippen LogP contribution is 2.21. The van der Waals surface area contributed by atoms with Crippen molar-refractivity contribution in [2.24, 2.45) is 9.98 Å². The van der Waals surface area contributed by atoms with E-state index < -0.39 is 0 Å². The van der Waals surface area contributed by atoms with Crippen molar-refractivity contribution < 1.29 is 9.47 Å². The quantitative estimate of drug-likeness (QED) is 0.390. The van der Waals surface area contributed by atoms with Crippen LogP contribution < -0.4 is 0 Å². The van der Waals surface area contributed by atoms with Gasteiger partial charge in [0.2, 0.25) is 11.8 Å². The minimum absolute atomic E-state index is 0.203. The Labute approximate surface area is 209 Å². The zero-order valence-electron chi connectivity index (χ0n) is 18.9. The van der Waals surface area contributed by atoms with Gasteiger partial charge >= 0.3 is 0 Å². The standard InChI is InChI=1S/C27H27N3O2S2/c1-3-8-20(9-4-1)26-29-24(14-31-26)18-33-16-22-12-7-13-23(28-22)17-34-19-25-15-32-27(30-25)21-10-5-2-6-11-21/h1-13,24-25H,14-19H2/t24-,25-/m0/s1. The number of aromatic nitrogens is 1. The van der Waals surface area contributed by atoms with Crippen LogP contribution in [0, 0.1) is 0 Å². The van der Waals surface area contributed by atoms with Gasteiger partial charge < -0.3 is 9.47 Å². The average molecular weight is 490 g/mol. The maximum absolute atomic E-state index is 5.79. The topological polar surface area (TPSA) is 56.1 Å². The molecule has 0 radical (unpaired) electrons. The first kappa shape index (κ1) is 23.0. The van der Waals surface area contributed by atoms with E-state index >= 15 is 0 Å². The van der Waals surface area contributed by atoms with Crippen molar-refractivity contribution in [2.75, 3.05) is 24.7 Å². The van der Waals surface area contributed by atoms with Crippen molar-refractivity contribution in [3.05, 3.63) is 101 Å². The van der Waals surface area contributed by atoms with Gasteiger partial charge in [-0.3, -0.25) is 4.98 Å². The summed E-state index contributed by atoms with van der Waals surface area (Å²) in [7, 11) is 0. The predicted octanol–water partition coefficient (Wildman–Crippen LogP) is 5.24. The van der Waals surface area contributed by atoms with Gasteiger partial charge in [-0.1, -0.05) is 42.5 Å². The van der Waals surface area contributed by atoms with Crippen molar-refractivity contribution in [3.63, 3.8) is 0 Å². The normalized spacial score (nSPS) is 19.3. The van der Waals surface area contributed by atoms with Crippen LogP contribution in [0.2, 0.25) is 0 Å². The maximum atomic E-state index is 5.79. The molecule has 0 bridgehead atoms. The second-order valence-corrected chi connectivity index (χ2v) is 10.2. The summed E-state index contributed by atoms with van der Waals surface area (Å²) in [5.41, 5.74) is 4.33. The first-order valence-electron chi connectivity index (χ1n) is 11.5. The van der Waals surface area contributed by atoms with E-state index in [0.717, 1.165) is 57.3 Å². The molecule has 174 valence electrons. The zero-order chi connectivity index (χ0) is 23.0. The lowest BCUT2D eigenvalue weighted by Gasteiger charge is -2.07. The number of thioether (sulfide) groups is 2. The highest BCUT2D eigenvalue weighted by molar-refractivity contribution is 7.98. The number of rotatable bonds is 10. The van der Waals surface area contributed by atoms with Gasteiger partial charge in [-0.2, -0.15) is 23.5 Å². The molecule has 0 saturated carbocycles. The highest BCUT2D eigenvalue weighted by Gasteiger charge is 2.21. The molecule has 2 atom stereocenters. The van der Waals surface area contributed by atoms with Crippen LogP contribution in [-0.4, -0.2) is 53.6 Å². The average Bonchev–Trinajstić information content (AvgIpc) is 3.56. The summed E-state index contributed by atoms with van der Waals surface area (Å²) >= 11 is 3.72. The van der Waals surface area contributed by atoms with Gasteiger partial charge in [-0.05, 0) is 36.4 Å². The monoisotopic (exact) mass is 489 g/mol. The molecule has 2 aliphatic heterocycles. The molecular weight excluding hydrogens is 462 g/mol. The zero-order valence-corrected chi connectivity index (χ0v) is 20.5. The Kier molecular flexibility index (Phi) is 7.83. The summed E-state index contributed by atoms with van der Waals surface area (Å²) in [6.07, 6.45) is 0. The lowest BCUT2D eigenvalue weighted by atomic mass is 10.2. The van der Waals surface area contributed by atoms with Crippen LogP contribution in [0.1, 0.15) is 22.5 Å². The molecule has 5 nitrogen and oxygen atoms in total. The summed E-state index contributed by atoms with van der Waals surface area (Å²) in [6.45, 7) is 1.31. The Morgan fingerprint density at radius 3 is 1.56 bits per heavy atom. The second-order valence-electron chi connectivity index (χ2n) is 8.18. The lowest BCUT2D eigenvalue weighted by molar-refractivity contribution is 0.325. The molecule has 0 aliphatic carbocycles. The van der Waals surface area contributed by atoms with Crippen LogP contribution in [0.4, 0.5) is 0 Å². The molecule has 3 aromatic rings. The third-order valence-electron chi connectivity index (χ3n) is 5.45. The predicted molar refractivity (Wildman–Crippen MR) is 142 cm³/mol. The molecule has 1 aromatic heterocycles. The summed E-state index contributed by atoms with van der Waals surface area (Å²) in [5.74, 6) is 5.15. The minimum atomic E-state index is 0.203. The maximum Gasteiger partial charge on any atom is 0.216 e. The third kappa shape index (κ3) is 6.21. The fourth-order valence-corrected chi connectivity index (χ4v) is 5.63. The van der Waals surface area contributed by atoms with E-state index in [0.29, 0.717) is 13.2 Å². The molecule has 7 heteroatoms. The molecule has 0 amide bonds. The molecular formula is C27H27N3O2S2. The SMILES string of the molecule is c1ccc(C2=N[C@H](CSCc3cccc(CSC[C@@H]4COC(c5ccccc5)=N4)n3)CO2)cc1. The molecule has 2 aliphatic rings. The van der Waals surface area contributed by atoms with Gasteiger partial charge in [0, 0.05) is 34.1 Å². The molecule has 0 unspecified atom stereocenters. The first-order valence-corrected chi connectivity index (χ1v) is 13.8. The Morgan fingerprint density at radius 2 is 1.09 bits per heavy atom. The molecule has 0 saturated heterocycles. The highest BCUT2D eigenvalue weighted by atomic mass is 32.2. The smallest absolute Gasteiger partial charge is 0.216 e. The summed E-state index contributed by atoms with van der Waals surface area (Å²) in [4.78, 5) is 14.3. The Hall–Kier alpha value is -2.77. The van der Waals surface area contributed by atoms with Crippen LogP contribution in [-0.2, 0) is 21.0 Å². The third-order valence-corrected chi connectivity index (χ3v) is 7.69. The Balaban J connectivity index is 1.05.